The van der Waals surface area contributed by atoms with E-state index in [1.807, 2.05) is 0 Å². The molecular formula is C55H46N2. The van der Waals surface area contributed by atoms with E-state index in [-0.39, 0.29) is 0 Å². The average Bonchev–Trinajstić information content (AvgIpc) is 3.28. The Hall–Kier alpha value is -6.64. The van der Waals surface area contributed by atoms with Gasteiger partial charge in [0, 0.05) is 45.2 Å². The molecule has 0 spiro atoms. The quantitative estimate of drug-likeness (QED) is 0.0565. The summed E-state index contributed by atoms with van der Waals surface area (Å²) in [5.41, 5.74) is 5.98. The third-order valence-corrected chi connectivity index (χ3v) is 11.9. The van der Waals surface area contributed by atoms with Crippen molar-refractivity contribution in [2.24, 2.45) is 0 Å². The standard InChI is InChI=1S/C55H46N2/c1-2-3-4-5-17-36-56(44-34-32-41-30-28-39-18-9-11-22-46(39)52(41)37-44)54-48-24-13-15-26-50(48)55(51-27-16-14-25-49(51)54)57(43-20-7-6-8-21-43)45-35-33-42-31-29-40-19-10-12-23-47(40)53(42)38-45/h6-16,18-35,37-38H,2-5,17,36H2,1H3. The Morgan fingerprint density at radius 2 is 0.737 bits per heavy atom. The number of benzene rings is 10. The average molecular weight is 735 g/mol. The maximum atomic E-state index is 2.64. The van der Waals surface area contributed by atoms with E-state index in [4.69, 9.17) is 0 Å². The Labute approximate surface area is 335 Å². The molecule has 10 aromatic carbocycles. The number of fused-ring (bicyclic) bond motifs is 8. The van der Waals surface area contributed by atoms with Crippen molar-refractivity contribution in [2.45, 2.75) is 39.0 Å². The largest absolute Gasteiger partial charge is 0.340 e. The summed E-state index contributed by atoms with van der Waals surface area (Å²) in [5, 5.41) is 15.1. The second-order valence-corrected chi connectivity index (χ2v) is 15.4. The van der Waals surface area contributed by atoms with Gasteiger partial charge < -0.3 is 9.80 Å². The molecule has 0 heterocycles. The molecule has 0 aliphatic rings. The Morgan fingerprint density at radius 1 is 0.316 bits per heavy atom. The van der Waals surface area contributed by atoms with Gasteiger partial charge in [0.1, 0.15) is 0 Å². The van der Waals surface area contributed by atoms with E-state index in [0.29, 0.717) is 0 Å². The van der Waals surface area contributed by atoms with Crippen LogP contribution < -0.4 is 9.80 Å². The van der Waals surface area contributed by atoms with Crippen LogP contribution in [0, 0.1) is 0 Å². The van der Waals surface area contributed by atoms with Crippen LogP contribution in [0.15, 0.2) is 188 Å². The minimum absolute atomic E-state index is 0.938. The van der Waals surface area contributed by atoms with E-state index in [1.54, 1.807) is 0 Å². The fourth-order valence-corrected chi connectivity index (χ4v) is 9.13. The summed E-state index contributed by atoms with van der Waals surface area (Å²) in [6, 6.07) is 69.7. The predicted molar refractivity (Wildman–Crippen MR) is 248 cm³/mol. The van der Waals surface area contributed by atoms with Gasteiger partial charge in [0.2, 0.25) is 0 Å². The molecule has 0 radical (unpaired) electrons. The topological polar surface area (TPSA) is 6.48 Å². The van der Waals surface area contributed by atoms with E-state index in [0.717, 1.165) is 24.3 Å². The van der Waals surface area contributed by atoms with Gasteiger partial charge in [-0.05, 0) is 85.9 Å². The summed E-state index contributed by atoms with van der Waals surface area (Å²) in [5.74, 6) is 0. The number of para-hydroxylation sites is 1. The highest BCUT2D eigenvalue weighted by molar-refractivity contribution is 6.23. The summed E-state index contributed by atoms with van der Waals surface area (Å²) >= 11 is 0. The molecule has 0 unspecified atom stereocenters. The monoisotopic (exact) mass is 734 g/mol. The molecule has 0 aromatic heterocycles. The Bertz CT molecular complexity index is 3000. The lowest BCUT2D eigenvalue weighted by atomic mass is 9.94. The van der Waals surface area contributed by atoms with Crippen LogP contribution in [0.5, 0.6) is 0 Å². The first kappa shape index (κ1) is 34.8. The normalized spacial score (nSPS) is 11.7. The second-order valence-electron chi connectivity index (χ2n) is 15.4. The molecule has 0 saturated heterocycles. The fraction of sp³-hybridized carbons (Fsp3) is 0.127. The fourth-order valence-electron chi connectivity index (χ4n) is 9.13. The lowest BCUT2D eigenvalue weighted by Crippen LogP contribution is -2.20. The van der Waals surface area contributed by atoms with Gasteiger partial charge in [0.05, 0.1) is 11.4 Å². The summed E-state index contributed by atoms with van der Waals surface area (Å²) in [4.78, 5) is 5.13. The summed E-state index contributed by atoms with van der Waals surface area (Å²) in [6.45, 7) is 3.23. The van der Waals surface area contributed by atoms with E-state index in [1.165, 1.54) is 107 Å². The van der Waals surface area contributed by atoms with Crippen molar-refractivity contribution in [2.75, 3.05) is 16.3 Å². The molecule has 0 aliphatic carbocycles. The lowest BCUT2D eigenvalue weighted by Gasteiger charge is -2.33. The van der Waals surface area contributed by atoms with Crippen LogP contribution >= 0.6 is 0 Å². The van der Waals surface area contributed by atoms with Gasteiger partial charge in [0.15, 0.2) is 0 Å². The SMILES string of the molecule is CCCCCCCN(c1ccc2ccc3ccccc3c2c1)c1c2ccccc2c(N(c2ccccc2)c2ccc3ccc4ccccc4c3c2)c2ccccc12. The second kappa shape index (κ2) is 15.1. The number of hydrogen-bond acceptors (Lipinski definition) is 2. The minimum atomic E-state index is 0.938. The molecular weight excluding hydrogens is 689 g/mol. The maximum Gasteiger partial charge on any atom is 0.0619 e. The van der Waals surface area contributed by atoms with Gasteiger partial charge in [-0.25, -0.2) is 0 Å². The molecule has 0 N–H and O–H groups in total. The van der Waals surface area contributed by atoms with Crippen molar-refractivity contribution in [1.82, 2.24) is 0 Å². The van der Waals surface area contributed by atoms with Crippen LogP contribution in [0.1, 0.15) is 39.0 Å². The highest BCUT2D eigenvalue weighted by Gasteiger charge is 2.25. The van der Waals surface area contributed by atoms with Gasteiger partial charge in [-0.1, -0.05) is 184 Å². The number of hydrogen-bond donors (Lipinski definition) is 0. The molecule has 276 valence electrons. The Morgan fingerprint density at radius 3 is 1.30 bits per heavy atom. The van der Waals surface area contributed by atoms with Crippen LogP contribution in [0.4, 0.5) is 28.4 Å². The van der Waals surface area contributed by atoms with Crippen molar-refractivity contribution in [3.8, 4) is 0 Å². The number of nitrogens with zero attached hydrogens (tertiary/aromatic N) is 2. The van der Waals surface area contributed by atoms with E-state index in [9.17, 15) is 0 Å². The Kier molecular flexibility index (Phi) is 9.24. The smallest absolute Gasteiger partial charge is 0.0619 e. The van der Waals surface area contributed by atoms with Crippen LogP contribution in [0.25, 0.3) is 64.6 Å². The molecule has 10 rings (SSSR count). The molecule has 57 heavy (non-hydrogen) atoms. The van der Waals surface area contributed by atoms with Gasteiger partial charge in [0.25, 0.3) is 0 Å². The summed E-state index contributed by atoms with van der Waals surface area (Å²) < 4.78 is 0. The molecule has 0 bridgehead atoms. The zero-order chi connectivity index (χ0) is 38.1. The van der Waals surface area contributed by atoms with Crippen molar-refractivity contribution in [3.05, 3.63) is 188 Å². The number of unbranched alkanes of at least 4 members (excludes halogenated alkanes) is 4. The van der Waals surface area contributed by atoms with Crippen LogP contribution in [-0.4, -0.2) is 6.54 Å². The lowest BCUT2D eigenvalue weighted by molar-refractivity contribution is 0.635. The first-order valence-electron chi connectivity index (χ1n) is 20.7. The molecule has 2 heteroatoms. The van der Waals surface area contributed by atoms with Gasteiger partial charge >= 0.3 is 0 Å². The van der Waals surface area contributed by atoms with Crippen molar-refractivity contribution < 1.29 is 0 Å². The summed E-state index contributed by atoms with van der Waals surface area (Å²) in [7, 11) is 0. The maximum absolute atomic E-state index is 2.64. The number of anilines is 5. The van der Waals surface area contributed by atoms with Gasteiger partial charge in [-0.15, -0.1) is 0 Å². The molecule has 2 nitrogen and oxygen atoms in total. The van der Waals surface area contributed by atoms with E-state index < -0.39 is 0 Å². The third kappa shape index (κ3) is 6.32. The molecule has 0 atom stereocenters. The minimum Gasteiger partial charge on any atom is -0.340 e. The van der Waals surface area contributed by atoms with Crippen LogP contribution in [0.3, 0.4) is 0 Å². The van der Waals surface area contributed by atoms with Gasteiger partial charge in [-0.3, -0.25) is 0 Å². The highest BCUT2D eigenvalue weighted by atomic mass is 15.2. The molecule has 0 amide bonds. The first-order chi connectivity index (χ1) is 28.3. The summed E-state index contributed by atoms with van der Waals surface area (Å²) in [6.07, 6.45) is 6.12. The number of rotatable bonds is 11. The zero-order valence-electron chi connectivity index (χ0n) is 32.5. The third-order valence-electron chi connectivity index (χ3n) is 11.9. The first-order valence-corrected chi connectivity index (χ1v) is 20.7. The van der Waals surface area contributed by atoms with Crippen molar-refractivity contribution in [3.63, 3.8) is 0 Å². The van der Waals surface area contributed by atoms with Crippen molar-refractivity contribution >= 4 is 93.1 Å². The molecule has 0 saturated carbocycles. The molecule has 0 fully saturated rings. The van der Waals surface area contributed by atoms with Crippen LogP contribution in [-0.2, 0) is 0 Å². The Balaban J connectivity index is 1.23. The van der Waals surface area contributed by atoms with Gasteiger partial charge in [-0.2, -0.15) is 0 Å². The van der Waals surface area contributed by atoms with E-state index in [2.05, 4.69) is 205 Å². The van der Waals surface area contributed by atoms with Crippen LogP contribution in [0.2, 0.25) is 0 Å². The molecule has 0 aliphatic heterocycles. The predicted octanol–water partition coefficient (Wildman–Crippen LogP) is 16.2. The highest BCUT2D eigenvalue weighted by Crippen LogP contribution is 2.50. The molecule has 10 aromatic rings. The van der Waals surface area contributed by atoms with E-state index >= 15 is 0 Å². The zero-order valence-corrected chi connectivity index (χ0v) is 32.5. The van der Waals surface area contributed by atoms with Crippen molar-refractivity contribution in [1.29, 1.82) is 0 Å².